The number of rotatable bonds is 12. The molecule has 0 aromatic rings. The van der Waals surface area contributed by atoms with Crippen LogP contribution in [0.25, 0.3) is 0 Å². The van der Waals surface area contributed by atoms with E-state index in [2.05, 4.69) is 6.92 Å². The Hall–Kier alpha value is 1.96. The van der Waals surface area contributed by atoms with Crippen LogP contribution in [0.15, 0.2) is 0 Å². The molecule has 4 heteroatoms. The quantitative estimate of drug-likeness (QED) is 0.334. The van der Waals surface area contributed by atoms with E-state index in [1.165, 1.54) is 57.8 Å². The Labute approximate surface area is 173 Å². The Morgan fingerprint density at radius 3 is 1.44 bits per heavy atom. The first-order valence-corrected chi connectivity index (χ1v) is 6.99. The number of aliphatic carboxylic acids is 1. The normalized spacial score (nSPS) is 9.39. The molecule has 0 rings (SSSR count). The van der Waals surface area contributed by atoms with E-state index in [-0.39, 0.29) is 76.2 Å². The maximum Gasteiger partial charge on any atom is 0.303 e. The van der Waals surface area contributed by atoms with Gasteiger partial charge in [-0.2, -0.15) is 0 Å². The molecule has 0 amide bonds. The number of unbranched alkanes of at least 4 members (excludes halogenated alkanes) is 10. The molecule has 0 aliphatic carbocycles. The zero-order chi connectivity index (χ0) is 12.1. The van der Waals surface area contributed by atoms with E-state index < -0.39 is 5.97 Å². The fourth-order valence-electron chi connectivity index (χ4n) is 1.94. The van der Waals surface area contributed by atoms with E-state index in [9.17, 15) is 4.79 Å². The third-order valence-electron chi connectivity index (χ3n) is 2.99. The SMILES string of the molecule is CCCCCCCCCCCCCC(=O)O.[Ba].[Cd]. The van der Waals surface area contributed by atoms with Gasteiger partial charge in [-0.15, -0.1) is 0 Å². The van der Waals surface area contributed by atoms with E-state index in [1.807, 2.05) is 0 Å². The summed E-state index contributed by atoms with van der Waals surface area (Å²) in [5.74, 6) is -0.657. The van der Waals surface area contributed by atoms with Crippen molar-refractivity contribution in [2.75, 3.05) is 0 Å². The van der Waals surface area contributed by atoms with Crippen molar-refractivity contribution in [1.82, 2.24) is 0 Å². The second-order valence-electron chi connectivity index (χ2n) is 4.68. The number of hydrogen-bond donors (Lipinski definition) is 1. The van der Waals surface area contributed by atoms with Gasteiger partial charge in [-0.1, -0.05) is 71.1 Å². The molecule has 0 heterocycles. The molecule has 0 unspecified atom stereocenters. The predicted molar refractivity (Wildman–Crippen MR) is 74.5 cm³/mol. The average molecular weight is 478 g/mol. The maximum atomic E-state index is 10.3. The number of hydrogen-bond acceptors (Lipinski definition) is 1. The van der Waals surface area contributed by atoms with Crippen LogP contribution in [0.1, 0.15) is 84.0 Å². The molecule has 0 aliphatic heterocycles. The summed E-state index contributed by atoms with van der Waals surface area (Å²) in [6.45, 7) is 2.25. The molecule has 0 aliphatic rings. The Morgan fingerprint density at radius 2 is 1.11 bits per heavy atom. The van der Waals surface area contributed by atoms with Gasteiger partial charge in [-0.25, -0.2) is 0 Å². The van der Waals surface area contributed by atoms with Crippen LogP contribution in [-0.2, 0) is 32.1 Å². The molecule has 1 N–H and O–H groups in total. The predicted octanol–water partition coefficient (Wildman–Crippen LogP) is 4.39. The minimum Gasteiger partial charge on any atom is -0.481 e. The van der Waals surface area contributed by atoms with E-state index in [0.29, 0.717) is 6.42 Å². The van der Waals surface area contributed by atoms with Crippen LogP contribution in [0.5, 0.6) is 0 Å². The van der Waals surface area contributed by atoms with Gasteiger partial charge in [0.05, 0.1) is 0 Å². The van der Waals surface area contributed by atoms with E-state index >= 15 is 0 Å². The van der Waals surface area contributed by atoms with E-state index in [1.54, 1.807) is 0 Å². The molecule has 2 nitrogen and oxygen atoms in total. The molecule has 0 aromatic carbocycles. The van der Waals surface area contributed by atoms with Crippen molar-refractivity contribution in [3.8, 4) is 0 Å². The van der Waals surface area contributed by atoms with Crippen molar-refractivity contribution in [3.05, 3.63) is 0 Å². The third kappa shape index (κ3) is 23.1. The van der Waals surface area contributed by atoms with E-state index in [0.717, 1.165) is 12.8 Å². The van der Waals surface area contributed by atoms with Gasteiger partial charge in [0.25, 0.3) is 0 Å². The van der Waals surface area contributed by atoms with Crippen molar-refractivity contribution in [2.45, 2.75) is 84.0 Å². The maximum absolute atomic E-state index is 10.3. The molecule has 0 atom stereocenters. The molecule has 0 fully saturated rings. The molecule has 18 heavy (non-hydrogen) atoms. The molecule has 100 valence electrons. The van der Waals surface area contributed by atoms with Crippen molar-refractivity contribution < 1.29 is 37.2 Å². The monoisotopic (exact) mass is 480 g/mol. The van der Waals surface area contributed by atoms with Crippen molar-refractivity contribution >= 4 is 54.9 Å². The van der Waals surface area contributed by atoms with Gasteiger partial charge in [-0.3, -0.25) is 4.79 Å². The zero-order valence-electron chi connectivity index (χ0n) is 12.3. The van der Waals surface area contributed by atoms with Gasteiger partial charge >= 0.3 is 5.97 Å². The van der Waals surface area contributed by atoms with Crippen molar-refractivity contribution in [3.63, 3.8) is 0 Å². The molecule has 0 bridgehead atoms. The minimum absolute atomic E-state index is 0. The van der Waals surface area contributed by atoms with Crippen LogP contribution in [0, 0.1) is 0 Å². The van der Waals surface area contributed by atoms with Crippen molar-refractivity contribution in [2.24, 2.45) is 0 Å². The van der Waals surface area contributed by atoms with Crippen LogP contribution < -0.4 is 0 Å². The first-order valence-electron chi connectivity index (χ1n) is 6.99. The van der Waals surface area contributed by atoms with Crippen LogP contribution in [-0.4, -0.2) is 60.0 Å². The van der Waals surface area contributed by atoms with Crippen molar-refractivity contribution in [1.29, 1.82) is 0 Å². The largest absolute Gasteiger partial charge is 0.481 e. The molecule has 0 saturated carbocycles. The smallest absolute Gasteiger partial charge is 0.303 e. The van der Waals surface area contributed by atoms with Crippen LogP contribution in [0.4, 0.5) is 0 Å². The van der Waals surface area contributed by atoms with Gasteiger partial charge in [0.15, 0.2) is 0 Å². The first-order chi connectivity index (χ1) is 7.77. The Balaban J connectivity index is -0.00000112. The standard InChI is InChI=1S/C14H28O2.Ba.Cd/c1-2-3-4-5-6-7-8-9-10-11-12-13-14(15)16;;/h2-13H2,1H3,(H,15,16);;. The van der Waals surface area contributed by atoms with Gasteiger partial charge in [0, 0.05) is 82.6 Å². The summed E-state index contributed by atoms with van der Waals surface area (Å²) >= 11 is 0. The summed E-state index contributed by atoms with van der Waals surface area (Å²) in [4.78, 5) is 10.3. The van der Waals surface area contributed by atoms with Gasteiger partial charge in [-0.05, 0) is 6.42 Å². The molecule has 0 spiro atoms. The number of carbonyl (C=O) groups is 1. The second-order valence-corrected chi connectivity index (χ2v) is 4.68. The minimum atomic E-state index is -0.657. The molecule has 2 radical (unpaired) electrons. The van der Waals surface area contributed by atoms with Gasteiger partial charge < -0.3 is 5.11 Å². The van der Waals surface area contributed by atoms with Crippen LogP contribution >= 0.6 is 0 Å². The third-order valence-corrected chi connectivity index (χ3v) is 2.99. The van der Waals surface area contributed by atoms with Gasteiger partial charge in [0.1, 0.15) is 0 Å². The summed E-state index contributed by atoms with van der Waals surface area (Å²) in [6, 6.07) is 0. The molecular formula is C14H28BaCdO2. The molecular weight excluding hydrogens is 450 g/mol. The average Bonchev–Trinajstić information content (AvgIpc) is 2.25. The fraction of sp³-hybridized carbons (Fsp3) is 0.929. The van der Waals surface area contributed by atoms with Crippen LogP contribution in [0.3, 0.4) is 0 Å². The Bertz CT molecular complexity index is 166. The topological polar surface area (TPSA) is 37.3 Å². The zero-order valence-corrected chi connectivity index (χ0v) is 20.7. The number of carboxylic acid groups (broad SMARTS) is 1. The number of carboxylic acids is 1. The van der Waals surface area contributed by atoms with Crippen LogP contribution in [0.2, 0.25) is 0 Å². The van der Waals surface area contributed by atoms with Gasteiger partial charge in [0.2, 0.25) is 0 Å². The first kappa shape index (κ1) is 24.9. The Kier molecular flexibility index (Phi) is 29.5. The molecule has 0 aromatic heterocycles. The Morgan fingerprint density at radius 1 is 0.778 bits per heavy atom. The summed E-state index contributed by atoms with van der Waals surface area (Å²) in [7, 11) is 0. The summed E-state index contributed by atoms with van der Waals surface area (Å²) in [5, 5.41) is 8.46. The van der Waals surface area contributed by atoms with E-state index in [4.69, 9.17) is 5.11 Å². The molecule has 0 saturated heterocycles. The summed E-state index contributed by atoms with van der Waals surface area (Å²) in [5.41, 5.74) is 0. The fourth-order valence-corrected chi connectivity index (χ4v) is 1.94. The summed E-state index contributed by atoms with van der Waals surface area (Å²) in [6.07, 6.45) is 14.4. The summed E-state index contributed by atoms with van der Waals surface area (Å²) < 4.78 is 0. The second kappa shape index (κ2) is 21.3.